The topological polar surface area (TPSA) is 102 Å². The van der Waals surface area contributed by atoms with E-state index in [0.29, 0.717) is 44.0 Å². The number of hydrogen-bond donors (Lipinski definition) is 1. The second-order valence-electron chi connectivity index (χ2n) is 6.25. The van der Waals surface area contributed by atoms with Gasteiger partial charge >= 0.3 is 5.97 Å². The lowest BCUT2D eigenvalue weighted by molar-refractivity contribution is 0.0681. The third-order valence-corrected chi connectivity index (χ3v) is 5.82. The van der Waals surface area contributed by atoms with Crippen LogP contribution < -0.4 is 4.74 Å². The predicted octanol–water partition coefficient (Wildman–Crippen LogP) is 0.891. The van der Waals surface area contributed by atoms with Gasteiger partial charge in [0.2, 0.25) is 15.9 Å². The molecule has 2 aliphatic rings. The van der Waals surface area contributed by atoms with Crippen molar-refractivity contribution < 1.29 is 23.1 Å². The summed E-state index contributed by atoms with van der Waals surface area (Å²) in [7, 11) is -3.20. The number of piperidine rings is 1. The Labute approximate surface area is 135 Å². The predicted molar refractivity (Wildman–Crippen MR) is 82.3 cm³/mol. The zero-order valence-electron chi connectivity index (χ0n) is 13.2. The van der Waals surface area contributed by atoms with E-state index in [1.807, 2.05) is 6.92 Å². The van der Waals surface area contributed by atoms with Gasteiger partial charge < -0.3 is 9.84 Å². The fraction of sp³-hybridized carbons (Fsp3) is 0.714. The summed E-state index contributed by atoms with van der Waals surface area (Å²) in [6.07, 6.45) is 3.09. The lowest BCUT2D eigenvalue weighted by Crippen LogP contribution is -2.37. The molecule has 0 spiro atoms. The van der Waals surface area contributed by atoms with Gasteiger partial charge in [0.25, 0.3) is 0 Å². The Bertz CT molecular complexity index is 719. The molecule has 3 heterocycles. The van der Waals surface area contributed by atoms with E-state index in [1.54, 1.807) is 4.68 Å². The third kappa shape index (κ3) is 3.07. The highest BCUT2D eigenvalue weighted by Gasteiger charge is 2.35. The van der Waals surface area contributed by atoms with Crippen LogP contribution in [0.3, 0.4) is 0 Å². The average Bonchev–Trinajstić information content (AvgIpc) is 2.85. The van der Waals surface area contributed by atoms with E-state index in [2.05, 4.69) is 5.10 Å². The second-order valence-corrected chi connectivity index (χ2v) is 8.23. The summed E-state index contributed by atoms with van der Waals surface area (Å²) < 4.78 is 31.9. The molecule has 1 atom stereocenters. The average molecular weight is 343 g/mol. The summed E-state index contributed by atoms with van der Waals surface area (Å²) in [5.74, 6) is -0.770. The van der Waals surface area contributed by atoms with Gasteiger partial charge in [0, 0.05) is 32.0 Å². The zero-order valence-corrected chi connectivity index (χ0v) is 14.0. The van der Waals surface area contributed by atoms with Gasteiger partial charge in [0.1, 0.15) is 5.56 Å². The largest absolute Gasteiger partial charge is 0.477 e. The van der Waals surface area contributed by atoms with Gasteiger partial charge in [-0.05, 0) is 19.8 Å². The molecule has 1 aromatic heterocycles. The molecule has 128 valence electrons. The van der Waals surface area contributed by atoms with Crippen LogP contribution in [0.4, 0.5) is 0 Å². The van der Waals surface area contributed by atoms with Gasteiger partial charge in [0.05, 0.1) is 18.1 Å². The molecule has 2 aliphatic heterocycles. The SMILES string of the molecule is C[C@@H]1CCn2nc(C3CCN(S(C)(=O)=O)CC3)c(C(=O)O)c2O1. The van der Waals surface area contributed by atoms with E-state index in [-0.39, 0.29) is 17.6 Å². The van der Waals surface area contributed by atoms with Gasteiger partial charge in [0.15, 0.2) is 0 Å². The number of aromatic nitrogens is 2. The van der Waals surface area contributed by atoms with Gasteiger partial charge in [-0.25, -0.2) is 22.2 Å². The van der Waals surface area contributed by atoms with E-state index < -0.39 is 16.0 Å². The maximum absolute atomic E-state index is 11.7. The number of carboxylic acid groups (broad SMARTS) is 1. The zero-order chi connectivity index (χ0) is 16.8. The molecule has 8 nitrogen and oxygen atoms in total. The van der Waals surface area contributed by atoms with Crippen molar-refractivity contribution in [2.75, 3.05) is 19.3 Å². The summed E-state index contributed by atoms with van der Waals surface area (Å²) in [6, 6.07) is 0. The number of aromatic carboxylic acids is 1. The fourth-order valence-electron chi connectivity index (χ4n) is 3.24. The third-order valence-electron chi connectivity index (χ3n) is 4.52. The quantitative estimate of drug-likeness (QED) is 0.874. The van der Waals surface area contributed by atoms with Crippen molar-refractivity contribution in [3.63, 3.8) is 0 Å². The Morgan fingerprint density at radius 1 is 1.26 bits per heavy atom. The minimum absolute atomic E-state index is 0.0303. The van der Waals surface area contributed by atoms with Crippen LogP contribution >= 0.6 is 0 Å². The maximum Gasteiger partial charge on any atom is 0.343 e. The maximum atomic E-state index is 11.7. The fourth-order valence-corrected chi connectivity index (χ4v) is 4.11. The Morgan fingerprint density at radius 2 is 1.91 bits per heavy atom. The molecule has 0 aromatic carbocycles. The van der Waals surface area contributed by atoms with Crippen LogP contribution in [0.1, 0.15) is 48.2 Å². The molecule has 23 heavy (non-hydrogen) atoms. The molecule has 1 saturated heterocycles. The van der Waals surface area contributed by atoms with Crippen molar-refractivity contribution in [3.8, 4) is 5.88 Å². The first-order chi connectivity index (χ1) is 10.8. The number of hydrogen-bond acceptors (Lipinski definition) is 5. The molecule has 0 saturated carbocycles. The highest BCUT2D eigenvalue weighted by atomic mass is 32.2. The van der Waals surface area contributed by atoms with E-state index in [9.17, 15) is 18.3 Å². The Morgan fingerprint density at radius 3 is 2.48 bits per heavy atom. The van der Waals surface area contributed by atoms with Gasteiger partial charge in [-0.2, -0.15) is 5.10 Å². The lowest BCUT2D eigenvalue weighted by Gasteiger charge is -2.29. The van der Waals surface area contributed by atoms with Crippen molar-refractivity contribution >= 4 is 16.0 Å². The summed E-state index contributed by atoms with van der Waals surface area (Å²) in [4.78, 5) is 11.7. The first-order valence-corrected chi connectivity index (χ1v) is 9.58. The second kappa shape index (κ2) is 5.79. The summed E-state index contributed by atoms with van der Waals surface area (Å²) >= 11 is 0. The molecule has 1 aromatic rings. The van der Waals surface area contributed by atoms with Gasteiger partial charge in [-0.3, -0.25) is 0 Å². The normalized spacial score (nSPS) is 23.3. The molecule has 0 aliphatic carbocycles. The number of sulfonamides is 1. The van der Waals surface area contributed by atoms with Crippen molar-refractivity contribution in [2.24, 2.45) is 0 Å². The molecule has 3 rings (SSSR count). The van der Waals surface area contributed by atoms with Gasteiger partial charge in [-0.15, -0.1) is 0 Å². The van der Waals surface area contributed by atoms with Crippen LogP contribution in [0, 0.1) is 0 Å². The van der Waals surface area contributed by atoms with Crippen LogP contribution in [0.15, 0.2) is 0 Å². The number of rotatable bonds is 3. The van der Waals surface area contributed by atoms with Crippen LogP contribution in [0.5, 0.6) is 5.88 Å². The number of ether oxygens (including phenoxy) is 1. The van der Waals surface area contributed by atoms with Crippen LogP contribution in [0.25, 0.3) is 0 Å². The van der Waals surface area contributed by atoms with E-state index in [1.165, 1.54) is 10.6 Å². The monoisotopic (exact) mass is 343 g/mol. The molecule has 1 N–H and O–H groups in total. The summed E-state index contributed by atoms with van der Waals surface area (Å²) in [6.45, 7) is 3.33. The molecule has 9 heteroatoms. The van der Waals surface area contributed by atoms with E-state index >= 15 is 0 Å². The summed E-state index contributed by atoms with van der Waals surface area (Å²) in [5, 5.41) is 14.0. The molecule has 0 bridgehead atoms. The van der Waals surface area contributed by atoms with Crippen LogP contribution in [0.2, 0.25) is 0 Å². The highest BCUT2D eigenvalue weighted by Crippen LogP contribution is 2.36. The standard InChI is InChI=1S/C14H21N3O5S/c1-9-3-8-17-13(22-9)11(14(18)19)12(15-17)10-4-6-16(7-5-10)23(2,20)21/h9-10H,3-8H2,1-2H3,(H,18,19)/t9-/m1/s1. The first kappa shape index (κ1) is 16.3. The Kier molecular flexibility index (Phi) is 4.09. The van der Waals surface area contributed by atoms with Crippen LogP contribution in [-0.2, 0) is 16.6 Å². The van der Waals surface area contributed by atoms with E-state index in [0.717, 1.165) is 6.42 Å². The minimum atomic E-state index is -3.20. The van der Waals surface area contributed by atoms with Gasteiger partial charge in [-0.1, -0.05) is 0 Å². The lowest BCUT2D eigenvalue weighted by atomic mass is 9.92. The molecule has 0 radical (unpaired) electrons. The Balaban J connectivity index is 1.88. The van der Waals surface area contributed by atoms with Crippen molar-refractivity contribution in [3.05, 3.63) is 11.3 Å². The van der Waals surface area contributed by atoms with Crippen molar-refractivity contribution in [1.82, 2.24) is 14.1 Å². The van der Waals surface area contributed by atoms with Crippen molar-refractivity contribution in [2.45, 2.75) is 44.8 Å². The highest BCUT2D eigenvalue weighted by molar-refractivity contribution is 7.88. The summed E-state index contributed by atoms with van der Waals surface area (Å²) in [5.41, 5.74) is 0.657. The number of carbonyl (C=O) groups is 1. The molecule has 0 unspecified atom stereocenters. The van der Waals surface area contributed by atoms with E-state index in [4.69, 9.17) is 4.74 Å². The minimum Gasteiger partial charge on any atom is -0.477 e. The number of aryl methyl sites for hydroxylation is 1. The molecule has 1 fully saturated rings. The Hall–Kier alpha value is -1.61. The number of fused-ring (bicyclic) bond motifs is 1. The first-order valence-electron chi connectivity index (χ1n) is 7.73. The van der Waals surface area contributed by atoms with Crippen molar-refractivity contribution in [1.29, 1.82) is 0 Å². The smallest absolute Gasteiger partial charge is 0.343 e. The number of carboxylic acids is 1. The molecular formula is C14H21N3O5S. The van der Waals surface area contributed by atoms with Crippen LogP contribution in [-0.4, -0.2) is 59.0 Å². The molecule has 0 amide bonds. The number of nitrogens with zero attached hydrogens (tertiary/aromatic N) is 3. The molecular weight excluding hydrogens is 322 g/mol.